The first kappa shape index (κ1) is 20.5. The SMILES string of the molecule is COc1cc(C(=O)Nc2ccc(O)c(Cl)c2)ccc1-c1ncccc1C(F)(F)F. The van der Waals surface area contributed by atoms with E-state index in [0.717, 1.165) is 6.07 Å². The lowest BCUT2D eigenvalue weighted by molar-refractivity contribution is -0.137. The van der Waals surface area contributed by atoms with E-state index in [1.807, 2.05) is 0 Å². The molecule has 3 rings (SSSR count). The Bertz CT molecular complexity index is 1070. The summed E-state index contributed by atoms with van der Waals surface area (Å²) in [4.78, 5) is 16.3. The Morgan fingerprint density at radius 3 is 2.59 bits per heavy atom. The maximum absolute atomic E-state index is 13.3. The number of nitrogens with one attached hydrogen (secondary N) is 1. The molecule has 0 fully saturated rings. The number of anilines is 1. The molecule has 2 aromatic carbocycles. The van der Waals surface area contributed by atoms with Crippen LogP contribution >= 0.6 is 11.6 Å². The number of carbonyl (C=O) groups is 1. The highest BCUT2D eigenvalue weighted by atomic mass is 35.5. The number of nitrogens with zero attached hydrogens (tertiary/aromatic N) is 1. The topological polar surface area (TPSA) is 71.5 Å². The van der Waals surface area contributed by atoms with Crippen molar-refractivity contribution in [3.63, 3.8) is 0 Å². The van der Waals surface area contributed by atoms with Crippen LogP contribution in [0.25, 0.3) is 11.3 Å². The van der Waals surface area contributed by atoms with E-state index in [0.29, 0.717) is 5.69 Å². The van der Waals surface area contributed by atoms with Gasteiger partial charge in [0.1, 0.15) is 11.5 Å². The number of hydrogen-bond donors (Lipinski definition) is 2. The fourth-order valence-corrected chi connectivity index (χ4v) is 2.85. The molecule has 0 saturated carbocycles. The van der Waals surface area contributed by atoms with Crippen molar-refractivity contribution in [1.82, 2.24) is 4.98 Å². The van der Waals surface area contributed by atoms with Crippen LogP contribution in [0.4, 0.5) is 18.9 Å². The van der Waals surface area contributed by atoms with Crippen LogP contribution in [0.1, 0.15) is 15.9 Å². The predicted octanol–water partition coefficient (Wildman–Crippen LogP) is 5.39. The monoisotopic (exact) mass is 422 g/mol. The second-order valence-electron chi connectivity index (χ2n) is 5.93. The predicted molar refractivity (Wildman–Crippen MR) is 102 cm³/mol. The smallest absolute Gasteiger partial charge is 0.418 e. The fourth-order valence-electron chi connectivity index (χ4n) is 2.66. The number of rotatable bonds is 4. The molecule has 0 aliphatic carbocycles. The zero-order valence-corrected chi connectivity index (χ0v) is 15.7. The summed E-state index contributed by atoms with van der Waals surface area (Å²) in [5, 5.41) is 12.1. The number of carbonyl (C=O) groups excluding carboxylic acids is 1. The van der Waals surface area contributed by atoms with Gasteiger partial charge in [-0.1, -0.05) is 11.6 Å². The lowest BCUT2D eigenvalue weighted by Crippen LogP contribution is -2.12. The number of pyridine rings is 1. The van der Waals surface area contributed by atoms with Crippen LogP contribution < -0.4 is 10.1 Å². The minimum Gasteiger partial charge on any atom is -0.506 e. The van der Waals surface area contributed by atoms with Gasteiger partial charge >= 0.3 is 6.18 Å². The molecule has 3 aromatic rings. The Morgan fingerprint density at radius 1 is 1.17 bits per heavy atom. The number of aromatic nitrogens is 1. The van der Waals surface area contributed by atoms with Crippen molar-refractivity contribution in [3.8, 4) is 22.8 Å². The van der Waals surface area contributed by atoms with E-state index < -0.39 is 17.6 Å². The Labute approximate surface area is 168 Å². The molecule has 0 aliphatic rings. The Morgan fingerprint density at radius 2 is 1.93 bits per heavy atom. The van der Waals surface area contributed by atoms with Crippen molar-refractivity contribution in [2.75, 3.05) is 12.4 Å². The summed E-state index contributed by atoms with van der Waals surface area (Å²) < 4.78 is 45.1. The fraction of sp³-hybridized carbons (Fsp3) is 0.100. The summed E-state index contributed by atoms with van der Waals surface area (Å²) in [5.74, 6) is -0.606. The van der Waals surface area contributed by atoms with E-state index in [1.165, 1.54) is 55.8 Å². The number of benzene rings is 2. The van der Waals surface area contributed by atoms with E-state index in [2.05, 4.69) is 10.3 Å². The number of alkyl halides is 3. The second kappa shape index (κ2) is 8.00. The van der Waals surface area contributed by atoms with Gasteiger partial charge in [-0.25, -0.2) is 0 Å². The van der Waals surface area contributed by atoms with E-state index >= 15 is 0 Å². The third-order valence-corrected chi connectivity index (χ3v) is 4.34. The Hall–Kier alpha value is -3.26. The molecule has 0 radical (unpaired) electrons. The molecule has 9 heteroatoms. The van der Waals surface area contributed by atoms with Crippen LogP contribution in [0, 0.1) is 0 Å². The number of hydrogen-bond acceptors (Lipinski definition) is 4. The van der Waals surface area contributed by atoms with Gasteiger partial charge < -0.3 is 15.2 Å². The Kier molecular flexibility index (Phi) is 5.65. The van der Waals surface area contributed by atoms with E-state index in [-0.39, 0.29) is 33.3 Å². The van der Waals surface area contributed by atoms with E-state index in [9.17, 15) is 23.1 Å². The van der Waals surface area contributed by atoms with Gasteiger partial charge in [0, 0.05) is 23.0 Å². The van der Waals surface area contributed by atoms with Gasteiger partial charge in [-0.15, -0.1) is 0 Å². The summed E-state index contributed by atoms with van der Waals surface area (Å²) in [5.41, 5.74) is -0.614. The number of methoxy groups -OCH3 is 1. The maximum atomic E-state index is 13.3. The first-order chi connectivity index (χ1) is 13.7. The van der Waals surface area contributed by atoms with Gasteiger partial charge in [0.2, 0.25) is 0 Å². The number of phenols is 1. The largest absolute Gasteiger partial charge is 0.506 e. The van der Waals surface area contributed by atoms with E-state index in [4.69, 9.17) is 16.3 Å². The molecule has 0 unspecified atom stereocenters. The average Bonchev–Trinajstić information content (AvgIpc) is 2.69. The lowest BCUT2D eigenvalue weighted by atomic mass is 10.0. The van der Waals surface area contributed by atoms with Crippen LogP contribution in [-0.4, -0.2) is 23.1 Å². The number of ether oxygens (including phenoxy) is 1. The van der Waals surface area contributed by atoms with Gasteiger partial charge in [0.25, 0.3) is 5.91 Å². The third-order valence-electron chi connectivity index (χ3n) is 4.04. The van der Waals surface area contributed by atoms with Crippen molar-refractivity contribution < 1.29 is 27.8 Å². The highest BCUT2D eigenvalue weighted by Gasteiger charge is 2.35. The molecule has 0 saturated heterocycles. The highest BCUT2D eigenvalue weighted by Crippen LogP contribution is 2.39. The van der Waals surface area contributed by atoms with E-state index in [1.54, 1.807) is 0 Å². The van der Waals surface area contributed by atoms with Crippen molar-refractivity contribution in [2.24, 2.45) is 0 Å². The second-order valence-corrected chi connectivity index (χ2v) is 6.34. The molecular weight excluding hydrogens is 409 g/mol. The standard InChI is InChI=1S/C20H14ClF3N2O3/c1-29-17-9-11(19(28)26-12-5-7-16(27)15(21)10-12)4-6-13(17)18-14(20(22,23)24)3-2-8-25-18/h2-10,27H,1H3,(H,26,28). The number of halogens is 4. The summed E-state index contributed by atoms with van der Waals surface area (Å²) >= 11 is 5.81. The van der Waals surface area contributed by atoms with Gasteiger partial charge in [0.15, 0.2) is 0 Å². The van der Waals surface area contributed by atoms with Gasteiger partial charge in [-0.05, 0) is 48.5 Å². The molecule has 2 N–H and O–H groups in total. The molecule has 1 amide bonds. The van der Waals surface area contributed by atoms with Gasteiger partial charge in [-0.2, -0.15) is 13.2 Å². The van der Waals surface area contributed by atoms with Crippen LogP contribution in [0.3, 0.4) is 0 Å². The minimum atomic E-state index is -4.59. The summed E-state index contributed by atoms with van der Waals surface area (Å²) in [6.45, 7) is 0. The molecule has 1 aromatic heterocycles. The molecule has 0 aliphatic heterocycles. The molecular formula is C20H14ClF3N2O3. The first-order valence-electron chi connectivity index (χ1n) is 8.21. The zero-order valence-electron chi connectivity index (χ0n) is 14.9. The maximum Gasteiger partial charge on any atom is 0.418 e. The van der Waals surface area contributed by atoms with Crippen molar-refractivity contribution >= 4 is 23.2 Å². The summed E-state index contributed by atoms with van der Waals surface area (Å²) in [7, 11) is 1.29. The summed E-state index contributed by atoms with van der Waals surface area (Å²) in [6, 6.07) is 10.3. The van der Waals surface area contributed by atoms with Crippen LogP contribution in [-0.2, 0) is 6.18 Å². The molecule has 1 heterocycles. The molecule has 5 nitrogen and oxygen atoms in total. The number of amides is 1. The summed E-state index contributed by atoms with van der Waals surface area (Å²) in [6.07, 6.45) is -3.35. The molecule has 29 heavy (non-hydrogen) atoms. The molecule has 0 atom stereocenters. The van der Waals surface area contributed by atoms with Crippen molar-refractivity contribution in [3.05, 3.63) is 70.9 Å². The molecule has 0 bridgehead atoms. The normalized spacial score (nSPS) is 11.2. The highest BCUT2D eigenvalue weighted by molar-refractivity contribution is 6.32. The molecule has 150 valence electrons. The van der Waals surface area contributed by atoms with Crippen molar-refractivity contribution in [1.29, 1.82) is 0 Å². The Balaban J connectivity index is 1.95. The van der Waals surface area contributed by atoms with Crippen LogP contribution in [0.15, 0.2) is 54.7 Å². The van der Waals surface area contributed by atoms with Gasteiger partial charge in [-0.3, -0.25) is 9.78 Å². The quantitative estimate of drug-likeness (QED) is 0.553. The lowest BCUT2D eigenvalue weighted by Gasteiger charge is -2.15. The number of phenolic OH excluding ortho intramolecular Hbond substituents is 1. The molecule has 0 spiro atoms. The van der Waals surface area contributed by atoms with Gasteiger partial charge in [0.05, 0.1) is 23.4 Å². The van der Waals surface area contributed by atoms with Crippen LogP contribution in [0.2, 0.25) is 5.02 Å². The van der Waals surface area contributed by atoms with Crippen molar-refractivity contribution in [2.45, 2.75) is 6.18 Å². The average molecular weight is 423 g/mol. The zero-order chi connectivity index (χ0) is 21.2. The first-order valence-corrected chi connectivity index (χ1v) is 8.59. The number of aromatic hydroxyl groups is 1. The van der Waals surface area contributed by atoms with Crippen LogP contribution in [0.5, 0.6) is 11.5 Å². The third kappa shape index (κ3) is 4.43. The minimum absolute atomic E-state index is 0.0607.